The van der Waals surface area contributed by atoms with Gasteiger partial charge in [-0.15, -0.1) is 0 Å². The second kappa shape index (κ2) is 8.24. The Kier molecular flexibility index (Phi) is 5.98. The number of aromatic nitrogens is 3. The van der Waals surface area contributed by atoms with E-state index < -0.39 is 13.0 Å². The molecular formula is C19H21ClF2N4O. The number of hydrogen-bond donors (Lipinski definition) is 1. The highest BCUT2D eigenvalue weighted by molar-refractivity contribution is 6.29. The maximum absolute atomic E-state index is 12.4. The van der Waals surface area contributed by atoms with Crippen LogP contribution < -0.4 is 4.90 Å². The average molecular weight is 395 g/mol. The van der Waals surface area contributed by atoms with Gasteiger partial charge in [0.25, 0.3) is 6.43 Å². The molecule has 3 rings (SSSR count). The van der Waals surface area contributed by atoms with Crippen LogP contribution in [0.3, 0.4) is 0 Å². The van der Waals surface area contributed by atoms with Gasteiger partial charge < -0.3 is 10.0 Å². The maximum Gasteiger partial charge on any atom is 0.257 e. The van der Waals surface area contributed by atoms with Crippen LogP contribution in [0.1, 0.15) is 30.9 Å². The monoisotopic (exact) mass is 394 g/mol. The van der Waals surface area contributed by atoms with Crippen LogP contribution in [-0.4, -0.2) is 46.0 Å². The second-order valence-corrected chi connectivity index (χ2v) is 7.46. The molecule has 1 fully saturated rings. The summed E-state index contributed by atoms with van der Waals surface area (Å²) in [5, 5.41) is 13.8. The van der Waals surface area contributed by atoms with Gasteiger partial charge in [-0.2, -0.15) is 5.10 Å². The summed E-state index contributed by atoms with van der Waals surface area (Å²) < 4.78 is 26.0. The van der Waals surface area contributed by atoms with Crippen LogP contribution in [0, 0.1) is 17.3 Å². The van der Waals surface area contributed by atoms with Gasteiger partial charge >= 0.3 is 0 Å². The molecule has 1 saturated heterocycles. The van der Waals surface area contributed by atoms with E-state index in [2.05, 4.69) is 33.7 Å². The largest absolute Gasteiger partial charge is 0.396 e. The van der Waals surface area contributed by atoms with Crippen molar-refractivity contribution in [2.24, 2.45) is 5.41 Å². The van der Waals surface area contributed by atoms with Gasteiger partial charge in [0.05, 0.1) is 23.0 Å². The summed E-state index contributed by atoms with van der Waals surface area (Å²) in [5.74, 6) is 6.01. The molecule has 0 amide bonds. The number of alkyl halides is 2. The van der Waals surface area contributed by atoms with E-state index in [-0.39, 0.29) is 12.0 Å². The molecule has 0 radical (unpaired) electrons. The summed E-state index contributed by atoms with van der Waals surface area (Å²) >= 11 is 6.08. The van der Waals surface area contributed by atoms with Crippen molar-refractivity contribution in [1.29, 1.82) is 0 Å². The van der Waals surface area contributed by atoms with Crippen LogP contribution in [0.2, 0.25) is 5.15 Å². The molecule has 3 heterocycles. The average Bonchev–Trinajstić information content (AvgIpc) is 3.08. The predicted octanol–water partition coefficient (Wildman–Crippen LogP) is 3.20. The van der Waals surface area contributed by atoms with E-state index in [1.807, 2.05) is 0 Å². The number of rotatable bonds is 4. The van der Waals surface area contributed by atoms with Crippen molar-refractivity contribution in [2.75, 3.05) is 24.6 Å². The first-order valence-electron chi connectivity index (χ1n) is 8.72. The highest BCUT2D eigenvalue weighted by Crippen LogP contribution is 2.34. The van der Waals surface area contributed by atoms with E-state index >= 15 is 0 Å². The Labute approximate surface area is 162 Å². The minimum absolute atomic E-state index is 0.0571. The van der Waals surface area contributed by atoms with Gasteiger partial charge in [-0.1, -0.05) is 30.4 Å². The fraction of sp³-hybridized carbons (Fsp3) is 0.474. The third-order valence-electron chi connectivity index (χ3n) is 4.84. The lowest BCUT2D eigenvalue weighted by Crippen LogP contribution is -2.40. The Morgan fingerprint density at radius 1 is 1.30 bits per heavy atom. The van der Waals surface area contributed by atoms with E-state index in [1.54, 1.807) is 12.3 Å². The third kappa shape index (κ3) is 4.96. The number of pyridine rings is 1. The molecular weight excluding hydrogens is 374 g/mol. The van der Waals surface area contributed by atoms with Crippen molar-refractivity contribution in [3.8, 4) is 11.8 Å². The van der Waals surface area contributed by atoms with Crippen molar-refractivity contribution in [2.45, 2.75) is 32.7 Å². The number of aliphatic hydroxyl groups is 1. The van der Waals surface area contributed by atoms with E-state index in [1.165, 1.54) is 17.1 Å². The van der Waals surface area contributed by atoms with E-state index in [9.17, 15) is 13.9 Å². The fourth-order valence-electron chi connectivity index (χ4n) is 3.03. The molecule has 0 aliphatic carbocycles. The van der Waals surface area contributed by atoms with Crippen LogP contribution in [0.25, 0.3) is 0 Å². The molecule has 27 heavy (non-hydrogen) atoms. The molecule has 144 valence electrons. The van der Waals surface area contributed by atoms with Crippen LogP contribution >= 0.6 is 11.6 Å². The first kappa shape index (κ1) is 19.6. The fourth-order valence-corrected chi connectivity index (χ4v) is 3.18. The summed E-state index contributed by atoms with van der Waals surface area (Å²) in [6.45, 7) is 3.39. The molecule has 0 saturated carbocycles. The van der Waals surface area contributed by atoms with Gasteiger partial charge in [0, 0.05) is 38.2 Å². The minimum atomic E-state index is -2.46. The Morgan fingerprint density at radius 2 is 2.04 bits per heavy atom. The quantitative estimate of drug-likeness (QED) is 0.639. The SMILES string of the molecule is CC1(CO)CCN(c2cc(Cl)ncc2C#Cc2cnn(CC(F)F)c2)CC1. The standard InChI is InChI=1S/C19H21ClF2N4O/c1-19(13-27)4-6-25(7-5-19)16-8-17(20)23-10-15(16)3-2-14-9-24-26(11-14)12-18(21)22/h8-11,18,27H,4-7,12-13H2,1H3. The minimum Gasteiger partial charge on any atom is -0.396 e. The normalized spacial score (nSPS) is 16.3. The maximum atomic E-state index is 12.4. The number of aliphatic hydroxyl groups excluding tert-OH is 1. The lowest BCUT2D eigenvalue weighted by Gasteiger charge is -2.39. The number of hydrogen-bond acceptors (Lipinski definition) is 4. The molecule has 0 bridgehead atoms. The van der Waals surface area contributed by atoms with Crippen molar-refractivity contribution >= 4 is 17.3 Å². The Bertz CT molecular complexity index is 851. The number of halogens is 3. The second-order valence-electron chi connectivity index (χ2n) is 7.07. The molecule has 1 aliphatic rings. The van der Waals surface area contributed by atoms with Gasteiger partial charge in [0.1, 0.15) is 11.7 Å². The van der Waals surface area contributed by atoms with Gasteiger partial charge in [0.15, 0.2) is 0 Å². The van der Waals surface area contributed by atoms with E-state index in [0.29, 0.717) is 16.3 Å². The van der Waals surface area contributed by atoms with E-state index in [4.69, 9.17) is 11.6 Å². The first-order valence-corrected chi connectivity index (χ1v) is 9.10. The smallest absolute Gasteiger partial charge is 0.257 e. The van der Waals surface area contributed by atoms with Gasteiger partial charge in [-0.3, -0.25) is 4.68 Å². The Balaban J connectivity index is 1.80. The molecule has 2 aromatic heterocycles. The molecule has 0 atom stereocenters. The van der Waals surface area contributed by atoms with Gasteiger partial charge in [-0.25, -0.2) is 13.8 Å². The number of nitrogens with zero attached hydrogens (tertiary/aromatic N) is 4. The molecule has 1 N–H and O–H groups in total. The predicted molar refractivity (Wildman–Crippen MR) is 100 cm³/mol. The molecule has 0 aromatic carbocycles. The molecule has 1 aliphatic heterocycles. The topological polar surface area (TPSA) is 54.2 Å². The van der Waals surface area contributed by atoms with E-state index in [0.717, 1.165) is 31.6 Å². The summed E-state index contributed by atoms with van der Waals surface area (Å²) in [6.07, 6.45) is 3.87. The Hall–Kier alpha value is -2.17. The van der Waals surface area contributed by atoms with Crippen molar-refractivity contribution < 1.29 is 13.9 Å². The summed E-state index contributed by atoms with van der Waals surface area (Å²) in [4.78, 5) is 6.30. The first-order chi connectivity index (χ1) is 12.9. The Morgan fingerprint density at radius 3 is 2.70 bits per heavy atom. The third-order valence-corrected chi connectivity index (χ3v) is 5.05. The number of piperidine rings is 1. The van der Waals surface area contributed by atoms with Crippen LogP contribution in [0.4, 0.5) is 14.5 Å². The molecule has 0 spiro atoms. The zero-order chi connectivity index (χ0) is 19.4. The summed E-state index contributed by atoms with van der Waals surface area (Å²) in [5.41, 5.74) is 2.11. The lowest BCUT2D eigenvalue weighted by molar-refractivity contribution is 0.115. The van der Waals surface area contributed by atoms with Gasteiger partial charge in [-0.05, 0) is 18.3 Å². The molecule has 0 unspecified atom stereocenters. The number of anilines is 1. The molecule has 5 nitrogen and oxygen atoms in total. The molecule has 2 aromatic rings. The van der Waals surface area contributed by atoms with Crippen LogP contribution in [0.5, 0.6) is 0 Å². The summed E-state index contributed by atoms with van der Waals surface area (Å²) in [6, 6.07) is 1.79. The zero-order valence-corrected chi connectivity index (χ0v) is 15.8. The van der Waals surface area contributed by atoms with Crippen molar-refractivity contribution in [1.82, 2.24) is 14.8 Å². The van der Waals surface area contributed by atoms with Crippen molar-refractivity contribution in [3.63, 3.8) is 0 Å². The molecule has 8 heteroatoms. The van der Waals surface area contributed by atoms with Crippen LogP contribution in [-0.2, 0) is 6.54 Å². The van der Waals surface area contributed by atoms with Crippen LogP contribution in [0.15, 0.2) is 24.7 Å². The zero-order valence-electron chi connectivity index (χ0n) is 15.0. The lowest BCUT2D eigenvalue weighted by atomic mass is 9.81. The highest BCUT2D eigenvalue weighted by atomic mass is 35.5. The van der Waals surface area contributed by atoms with Gasteiger partial charge in [0.2, 0.25) is 0 Å². The highest BCUT2D eigenvalue weighted by Gasteiger charge is 2.30. The summed E-state index contributed by atoms with van der Waals surface area (Å²) in [7, 11) is 0. The van der Waals surface area contributed by atoms with Crippen molar-refractivity contribution in [3.05, 3.63) is 40.9 Å².